The number of anilines is 1. The van der Waals surface area contributed by atoms with Crippen molar-refractivity contribution < 1.29 is 9.59 Å². The van der Waals surface area contributed by atoms with Crippen LogP contribution in [0.3, 0.4) is 0 Å². The van der Waals surface area contributed by atoms with Gasteiger partial charge in [-0.2, -0.15) is 0 Å². The number of benzene rings is 1. The van der Waals surface area contributed by atoms with Crippen LogP contribution in [0.15, 0.2) is 18.2 Å². The summed E-state index contributed by atoms with van der Waals surface area (Å²) in [6.45, 7) is 10.6. The van der Waals surface area contributed by atoms with Crippen molar-refractivity contribution in [3.05, 3.63) is 29.3 Å². The maximum atomic E-state index is 12.4. The maximum Gasteiger partial charge on any atom is 0.227 e. The molecule has 2 rings (SSSR count). The number of carbonyl (C=O) groups is 2. The molecule has 0 aliphatic carbocycles. The van der Waals surface area contributed by atoms with Crippen molar-refractivity contribution >= 4 is 17.5 Å². The summed E-state index contributed by atoms with van der Waals surface area (Å²) in [4.78, 5) is 26.4. The van der Waals surface area contributed by atoms with E-state index in [2.05, 4.69) is 11.4 Å². The number of nitrogens with zero attached hydrogens (tertiary/aromatic N) is 1. The predicted octanol–water partition coefficient (Wildman–Crippen LogP) is 2.96. The van der Waals surface area contributed by atoms with Gasteiger partial charge in [0.25, 0.3) is 0 Å². The number of nitrogens with one attached hydrogen (secondary N) is 1. The smallest absolute Gasteiger partial charge is 0.227 e. The van der Waals surface area contributed by atoms with Crippen LogP contribution < -0.4 is 10.2 Å². The van der Waals surface area contributed by atoms with Crippen LogP contribution in [-0.2, 0) is 9.59 Å². The second-order valence-corrected chi connectivity index (χ2v) is 6.98. The van der Waals surface area contributed by atoms with Crippen LogP contribution in [0.5, 0.6) is 0 Å². The summed E-state index contributed by atoms with van der Waals surface area (Å²) in [6.07, 6.45) is 1.15. The van der Waals surface area contributed by atoms with E-state index in [0.717, 1.165) is 23.2 Å². The van der Waals surface area contributed by atoms with Gasteiger partial charge in [0, 0.05) is 24.2 Å². The van der Waals surface area contributed by atoms with Crippen LogP contribution >= 0.6 is 0 Å². The minimum absolute atomic E-state index is 0.0212. The molecule has 1 aromatic rings. The molecule has 1 atom stereocenters. The van der Waals surface area contributed by atoms with E-state index in [4.69, 9.17) is 0 Å². The highest BCUT2D eigenvalue weighted by Crippen LogP contribution is 2.27. The van der Waals surface area contributed by atoms with E-state index in [0.29, 0.717) is 13.0 Å². The Bertz CT molecular complexity index is 572. The van der Waals surface area contributed by atoms with Gasteiger partial charge in [-0.05, 0) is 57.4 Å². The highest BCUT2D eigenvalue weighted by Gasteiger charge is 2.36. The molecule has 2 amide bonds. The number of aryl methyl sites for hydroxylation is 2. The van der Waals surface area contributed by atoms with Crippen molar-refractivity contribution in [2.45, 2.75) is 53.0 Å². The molecule has 0 radical (unpaired) electrons. The van der Waals surface area contributed by atoms with Crippen molar-refractivity contribution in [2.75, 3.05) is 11.4 Å². The summed E-state index contributed by atoms with van der Waals surface area (Å²) in [7, 11) is 0. The molecule has 4 nitrogen and oxygen atoms in total. The first kappa shape index (κ1) is 16.5. The molecule has 1 heterocycles. The predicted molar refractivity (Wildman–Crippen MR) is 88.9 cm³/mol. The van der Waals surface area contributed by atoms with Crippen LogP contribution in [0.2, 0.25) is 0 Å². The fraction of sp³-hybridized carbons (Fsp3) is 0.556. The van der Waals surface area contributed by atoms with Gasteiger partial charge < -0.3 is 10.2 Å². The van der Waals surface area contributed by atoms with E-state index in [1.807, 2.05) is 46.8 Å². The Morgan fingerprint density at radius 2 is 1.86 bits per heavy atom. The molecule has 1 saturated heterocycles. The Labute approximate surface area is 132 Å². The molecule has 120 valence electrons. The molecule has 0 saturated carbocycles. The first-order chi connectivity index (χ1) is 10.2. The second-order valence-electron chi connectivity index (χ2n) is 6.98. The lowest BCUT2D eigenvalue weighted by atomic mass is 9.99. The summed E-state index contributed by atoms with van der Waals surface area (Å²) in [5.74, 6) is -0.259. The van der Waals surface area contributed by atoms with Gasteiger partial charge in [-0.1, -0.05) is 13.0 Å². The van der Waals surface area contributed by atoms with Crippen LogP contribution in [-0.4, -0.2) is 23.9 Å². The third-order valence-electron chi connectivity index (χ3n) is 4.36. The molecule has 0 aromatic heterocycles. The summed E-state index contributed by atoms with van der Waals surface area (Å²) >= 11 is 0. The highest BCUT2D eigenvalue weighted by molar-refractivity contribution is 6.00. The SMILES string of the molecule is CCC(C)(C)NC(=O)C1CC(=O)N(c2cc(C)cc(C)c2)C1. The van der Waals surface area contributed by atoms with E-state index in [-0.39, 0.29) is 23.3 Å². The van der Waals surface area contributed by atoms with Gasteiger partial charge in [-0.3, -0.25) is 9.59 Å². The number of carbonyl (C=O) groups excluding carboxylic acids is 2. The zero-order valence-corrected chi connectivity index (χ0v) is 14.2. The molecule has 1 N–H and O–H groups in total. The zero-order valence-electron chi connectivity index (χ0n) is 14.2. The van der Waals surface area contributed by atoms with Crippen LogP contribution in [0, 0.1) is 19.8 Å². The van der Waals surface area contributed by atoms with E-state index in [1.165, 1.54) is 0 Å². The molecular weight excluding hydrogens is 276 g/mol. The molecule has 1 fully saturated rings. The van der Waals surface area contributed by atoms with Gasteiger partial charge in [0.15, 0.2) is 0 Å². The maximum absolute atomic E-state index is 12.4. The minimum Gasteiger partial charge on any atom is -0.351 e. The first-order valence-corrected chi connectivity index (χ1v) is 7.92. The largest absolute Gasteiger partial charge is 0.351 e. The van der Waals surface area contributed by atoms with Crippen LogP contribution in [0.1, 0.15) is 44.7 Å². The second kappa shape index (κ2) is 6.11. The Kier molecular flexibility index (Phi) is 4.59. The molecule has 1 aliphatic rings. The standard InChI is InChI=1S/C18H26N2O2/c1-6-18(4,5)19-17(22)14-10-16(21)20(11-14)15-8-12(2)7-13(3)9-15/h7-9,14H,6,10-11H2,1-5H3,(H,19,22). The molecule has 0 bridgehead atoms. The molecule has 4 heteroatoms. The van der Waals surface area contributed by atoms with Gasteiger partial charge in [0.1, 0.15) is 0 Å². The van der Waals surface area contributed by atoms with Gasteiger partial charge in [0.05, 0.1) is 5.92 Å². The third kappa shape index (κ3) is 3.67. The summed E-state index contributed by atoms with van der Waals surface area (Å²) in [5, 5.41) is 3.05. The lowest BCUT2D eigenvalue weighted by Crippen LogP contribution is -2.46. The van der Waals surface area contributed by atoms with Crippen LogP contribution in [0.25, 0.3) is 0 Å². The fourth-order valence-corrected chi connectivity index (χ4v) is 2.76. The summed E-state index contributed by atoms with van der Waals surface area (Å²) < 4.78 is 0. The monoisotopic (exact) mass is 302 g/mol. The highest BCUT2D eigenvalue weighted by atomic mass is 16.2. The Balaban J connectivity index is 2.12. The van der Waals surface area contributed by atoms with Crippen molar-refractivity contribution in [1.29, 1.82) is 0 Å². The average Bonchev–Trinajstić information content (AvgIpc) is 2.79. The van der Waals surface area contributed by atoms with Gasteiger partial charge in [0.2, 0.25) is 11.8 Å². The average molecular weight is 302 g/mol. The first-order valence-electron chi connectivity index (χ1n) is 7.92. The number of hydrogen-bond acceptors (Lipinski definition) is 2. The lowest BCUT2D eigenvalue weighted by Gasteiger charge is -2.26. The van der Waals surface area contributed by atoms with Crippen molar-refractivity contribution in [2.24, 2.45) is 5.92 Å². The van der Waals surface area contributed by atoms with Crippen LogP contribution in [0.4, 0.5) is 5.69 Å². The van der Waals surface area contributed by atoms with E-state index < -0.39 is 0 Å². The molecule has 1 aliphatic heterocycles. The third-order valence-corrected chi connectivity index (χ3v) is 4.36. The van der Waals surface area contributed by atoms with Gasteiger partial charge in [-0.25, -0.2) is 0 Å². The van der Waals surface area contributed by atoms with E-state index >= 15 is 0 Å². The number of amides is 2. The topological polar surface area (TPSA) is 49.4 Å². The minimum atomic E-state index is -0.265. The van der Waals surface area contributed by atoms with E-state index in [9.17, 15) is 9.59 Å². The Hall–Kier alpha value is -1.84. The fourth-order valence-electron chi connectivity index (χ4n) is 2.76. The Morgan fingerprint density at radius 3 is 2.41 bits per heavy atom. The van der Waals surface area contributed by atoms with Gasteiger partial charge in [-0.15, -0.1) is 0 Å². The van der Waals surface area contributed by atoms with E-state index in [1.54, 1.807) is 4.90 Å². The molecule has 22 heavy (non-hydrogen) atoms. The molecule has 0 spiro atoms. The molecule has 1 aromatic carbocycles. The molecule has 1 unspecified atom stereocenters. The number of rotatable bonds is 4. The van der Waals surface area contributed by atoms with Crippen molar-refractivity contribution in [3.63, 3.8) is 0 Å². The quantitative estimate of drug-likeness (QED) is 0.929. The molecular formula is C18H26N2O2. The Morgan fingerprint density at radius 1 is 1.27 bits per heavy atom. The zero-order chi connectivity index (χ0) is 16.5. The summed E-state index contributed by atoms with van der Waals surface area (Å²) in [6, 6.07) is 6.08. The lowest BCUT2D eigenvalue weighted by molar-refractivity contribution is -0.127. The van der Waals surface area contributed by atoms with Gasteiger partial charge >= 0.3 is 0 Å². The van der Waals surface area contributed by atoms with Crippen molar-refractivity contribution in [3.8, 4) is 0 Å². The van der Waals surface area contributed by atoms with Crippen molar-refractivity contribution in [1.82, 2.24) is 5.32 Å². The number of hydrogen-bond donors (Lipinski definition) is 1. The normalized spacial score (nSPS) is 18.7. The summed E-state index contributed by atoms with van der Waals surface area (Å²) in [5.41, 5.74) is 2.92.